The molecule has 0 aliphatic heterocycles. The first kappa shape index (κ1) is 24.6. The van der Waals surface area contributed by atoms with E-state index in [-0.39, 0.29) is 24.8 Å². The highest BCUT2D eigenvalue weighted by molar-refractivity contribution is 6.42. The topological polar surface area (TPSA) is 79.8 Å². The van der Waals surface area contributed by atoms with E-state index in [9.17, 15) is 9.59 Å². The molecule has 3 aromatic rings. The summed E-state index contributed by atoms with van der Waals surface area (Å²) in [7, 11) is 0. The SMILES string of the molecule is CCCCOc1ccc2ccccc2c1C=NNC(=O)CCNC(=O)c1ccc(Cl)c(Cl)c1. The Bertz CT molecular complexity index is 1160. The van der Waals surface area contributed by atoms with Crippen LogP contribution < -0.4 is 15.5 Å². The highest BCUT2D eigenvalue weighted by Gasteiger charge is 2.10. The van der Waals surface area contributed by atoms with Crippen molar-refractivity contribution in [2.75, 3.05) is 13.2 Å². The van der Waals surface area contributed by atoms with Gasteiger partial charge >= 0.3 is 0 Å². The molecular formula is C25H25Cl2N3O3. The molecule has 0 fully saturated rings. The van der Waals surface area contributed by atoms with Gasteiger partial charge in [-0.2, -0.15) is 5.10 Å². The smallest absolute Gasteiger partial charge is 0.251 e. The highest BCUT2D eigenvalue weighted by Crippen LogP contribution is 2.27. The largest absolute Gasteiger partial charge is 0.493 e. The van der Waals surface area contributed by atoms with Gasteiger partial charge in [-0.05, 0) is 41.5 Å². The Balaban J connectivity index is 1.57. The second kappa shape index (κ2) is 12.2. The van der Waals surface area contributed by atoms with Gasteiger partial charge in [0.25, 0.3) is 5.91 Å². The minimum Gasteiger partial charge on any atom is -0.493 e. The highest BCUT2D eigenvalue weighted by atomic mass is 35.5. The Morgan fingerprint density at radius 2 is 1.88 bits per heavy atom. The standard InChI is InChI=1S/C25H25Cl2N3O3/c1-2-3-14-33-23-11-9-17-6-4-5-7-19(17)20(23)16-29-30-24(31)12-13-28-25(32)18-8-10-21(26)22(27)15-18/h4-11,15-16H,2-3,12-14H2,1H3,(H,28,32)(H,30,31). The van der Waals surface area contributed by atoms with E-state index >= 15 is 0 Å². The maximum absolute atomic E-state index is 12.2. The molecule has 0 heterocycles. The van der Waals surface area contributed by atoms with Crippen molar-refractivity contribution in [2.45, 2.75) is 26.2 Å². The lowest BCUT2D eigenvalue weighted by molar-refractivity contribution is -0.120. The molecule has 0 radical (unpaired) electrons. The van der Waals surface area contributed by atoms with Crippen molar-refractivity contribution in [1.29, 1.82) is 0 Å². The van der Waals surface area contributed by atoms with Gasteiger partial charge in [-0.3, -0.25) is 9.59 Å². The molecule has 33 heavy (non-hydrogen) atoms. The van der Waals surface area contributed by atoms with E-state index in [1.807, 2.05) is 36.4 Å². The minimum atomic E-state index is -0.338. The van der Waals surface area contributed by atoms with E-state index in [0.717, 1.165) is 29.2 Å². The van der Waals surface area contributed by atoms with Gasteiger partial charge in [0.05, 0.1) is 22.9 Å². The van der Waals surface area contributed by atoms with Crippen LogP contribution in [0.4, 0.5) is 0 Å². The Labute approximate surface area is 202 Å². The monoisotopic (exact) mass is 485 g/mol. The van der Waals surface area contributed by atoms with Crippen LogP contribution in [0.5, 0.6) is 5.75 Å². The number of carbonyl (C=O) groups is 2. The van der Waals surface area contributed by atoms with Gasteiger partial charge in [0, 0.05) is 24.1 Å². The molecule has 0 aromatic heterocycles. The number of rotatable bonds is 10. The first-order valence-electron chi connectivity index (χ1n) is 10.7. The molecule has 172 valence electrons. The zero-order valence-electron chi connectivity index (χ0n) is 18.2. The number of hydrogen-bond acceptors (Lipinski definition) is 4. The third-order valence-electron chi connectivity index (χ3n) is 4.89. The molecule has 2 amide bonds. The van der Waals surface area contributed by atoms with Crippen LogP contribution in [0, 0.1) is 0 Å². The van der Waals surface area contributed by atoms with Crippen LogP contribution in [0.1, 0.15) is 42.1 Å². The molecule has 0 spiro atoms. The molecular weight excluding hydrogens is 461 g/mol. The van der Waals surface area contributed by atoms with Gasteiger partial charge < -0.3 is 10.1 Å². The van der Waals surface area contributed by atoms with Gasteiger partial charge in [0.1, 0.15) is 5.75 Å². The lowest BCUT2D eigenvalue weighted by Gasteiger charge is -2.11. The Hall–Kier alpha value is -3.09. The van der Waals surface area contributed by atoms with Crippen LogP contribution in [0.25, 0.3) is 10.8 Å². The summed E-state index contributed by atoms with van der Waals surface area (Å²) < 4.78 is 5.92. The van der Waals surface area contributed by atoms with Crippen molar-refractivity contribution >= 4 is 52.0 Å². The number of hydrazone groups is 1. The van der Waals surface area contributed by atoms with E-state index < -0.39 is 0 Å². The summed E-state index contributed by atoms with van der Waals surface area (Å²) >= 11 is 11.8. The summed E-state index contributed by atoms with van der Waals surface area (Å²) in [6, 6.07) is 16.4. The van der Waals surface area contributed by atoms with Gasteiger partial charge in [-0.1, -0.05) is 66.9 Å². The fourth-order valence-electron chi connectivity index (χ4n) is 3.11. The van der Waals surface area contributed by atoms with Crippen LogP contribution in [-0.2, 0) is 4.79 Å². The van der Waals surface area contributed by atoms with Crippen LogP contribution in [-0.4, -0.2) is 31.2 Å². The number of fused-ring (bicyclic) bond motifs is 1. The molecule has 8 heteroatoms. The Morgan fingerprint density at radius 3 is 2.67 bits per heavy atom. The van der Waals surface area contributed by atoms with Crippen molar-refractivity contribution in [1.82, 2.24) is 10.7 Å². The van der Waals surface area contributed by atoms with E-state index in [1.54, 1.807) is 18.3 Å². The summed E-state index contributed by atoms with van der Waals surface area (Å²) in [5.41, 5.74) is 3.68. The zero-order valence-corrected chi connectivity index (χ0v) is 19.7. The third-order valence-corrected chi connectivity index (χ3v) is 5.63. The van der Waals surface area contributed by atoms with Crippen molar-refractivity contribution in [3.63, 3.8) is 0 Å². The predicted molar refractivity (Wildman–Crippen MR) is 133 cm³/mol. The van der Waals surface area contributed by atoms with Crippen molar-refractivity contribution < 1.29 is 14.3 Å². The molecule has 0 bridgehead atoms. The second-order valence-electron chi connectivity index (χ2n) is 7.33. The molecule has 0 aliphatic carbocycles. The summed E-state index contributed by atoms with van der Waals surface area (Å²) in [6.07, 6.45) is 3.65. The van der Waals surface area contributed by atoms with Crippen molar-refractivity contribution in [3.05, 3.63) is 75.8 Å². The number of unbranched alkanes of at least 4 members (excludes halogenated alkanes) is 1. The maximum atomic E-state index is 12.2. The summed E-state index contributed by atoms with van der Waals surface area (Å²) in [4.78, 5) is 24.3. The van der Waals surface area contributed by atoms with Crippen molar-refractivity contribution in [3.8, 4) is 5.75 Å². The number of carbonyl (C=O) groups excluding carboxylic acids is 2. The summed E-state index contributed by atoms with van der Waals surface area (Å²) in [5, 5.41) is 9.49. The van der Waals surface area contributed by atoms with Crippen molar-refractivity contribution in [2.24, 2.45) is 5.10 Å². The number of amides is 2. The second-order valence-corrected chi connectivity index (χ2v) is 8.14. The molecule has 0 aliphatic rings. The average molecular weight is 486 g/mol. The van der Waals surface area contributed by atoms with Gasteiger partial charge in [-0.25, -0.2) is 5.43 Å². The van der Waals surface area contributed by atoms with Crippen LogP contribution in [0.15, 0.2) is 59.7 Å². The third kappa shape index (κ3) is 6.94. The lowest BCUT2D eigenvalue weighted by Crippen LogP contribution is -2.29. The normalized spacial score (nSPS) is 11.0. The van der Waals surface area contributed by atoms with E-state index in [0.29, 0.717) is 28.0 Å². The summed E-state index contributed by atoms with van der Waals surface area (Å²) in [5.74, 6) is 0.0536. The van der Waals surface area contributed by atoms with Crippen LogP contribution in [0.3, 0.4) is 0 Å². The first-order chi connectivity index (χ1) is 16.0. The molecule has 0 unspecified atom stereocenters. The molecule has 2 N–H and O–H groups in total. The van der Waals surface area contributed by atoms with E-state index in [4.69, 9.17) is 27.9 Å². The molecule has 0 saturated carbocycles. The number of halogens is 2. The molecule has 3 aromatic carbocycles. The van der Waals surface area contributed by atoms with Gasteiger partial charge in [0.15, 0.2) is 0 Å². The van der Waals surface area contributed by atoms with E-state index in [1.165, 1.54) is 6.07 Å². The number of nitrogens with zero attached hydrogens (tertiary/aromatic N) is 1. The Morgan fingerprint density at radius 1 is 1.06 bits per heavy atom. The van der Waals surface area contributed by atoms with Crippen LogP contribution in [0.2, 0.25) is 10.0 Å². The molecule has 0 saturated heterocycles. The van der Waals surface area contributed by atoms with E-state index in [2.05, 4.69) is 22.8 Å². The predicted octanol–water partition coefficient (Wildman–Crippen LogP) is 5.60. The quantitative estimate of drug-likeness (QED) is 0.223. The number of ether oxygens (including phenoxy) is 1. The number of hydrogen-bond donors (Lipinski definition) is 2. The Kier molecular flexibility index (Phi) is 9.10. The van der Waals surface area contributed by atoms with Crippen LogP contribution >= 0.6 is 23.2 Å². The van der Waals surface area contributed by atoms with Gasteiger partial charge in [0.2, 0.25) is 5.91 Å². The molecule has 3 rings (SSSR count). The summed E-state index contributed by atoms with van der Waals surface area (Å²) in [6.45, 7) is 2.87. The average Bonchev–Trinajstić information content (AvgIpc) is 2.81. The fourth-order valence-corrected chi connectivity index (χ4v) is 3.41. The minimum absolute atomic E-state index is 0.0692. The maximum Gasteiger partial charge on any atom is 0.251 e. The first-order valence-corrected chi connectivity index (χ1v) is 11.4. The lowest BCUT2D eigenvalue weighted by atomic mass is 10.0. The molecule has 0 atom stereocenters. The molecule has 6 nitrogen and oxygen atoms in total. The number of nitrogens with one attached hydrogen (secondary N) is 2. The fraction of sp³-hybridized carbons (Fsp3) is 0.240. The number of benzene rings is 3. The zero-order chi connectivity index (χ0) is 23.6. The van der Waals surface area contributed by atoms with Gasteiger partial charge in [-0.15, -0.1) is 0 Å².